The molecule has 3 atom stereocenters. The Morgan fingerprint density at radius 2 is 1.76 bits per heavy atom. The number of fused-ring (bicyclic) bond motifs is 1. The number of nitrogens with zero attached hydrogens (tertiary/aromatic N) is 1. The molecule has 1 heterocycles. The Labute approximate surface area is 203 Å². The van der Waals surface area contributed by atoms with E-state index in [1.54, 1.807) is 18.2 Å². The third-order valence-electron chi connectivity index (χ3n) is 6.88. The number of carbonyl (C=O) groups is 2. The van der Waals surface area contributed by atoms with Crippen molar-refractivity contribution < 1.29 is 19.4 Å². The number of carboxylic acid groups (broad SMARTS) is 1. The van der Waals surface area contributed by atoms with Crippen molar-refractivity contribution in [2.75, 3.05) is 13.2 Å². The molecule has 6 heteroatoms. The number of hydrogen-bond acceptors (Lipinski definition) is 3. The highest BCUT2D eigenvalue weighted by Crippen LogP contribution is 2.51. The van der Waals surface area contributed by atoms with Gasteiger partial charge in [-0.2, -0.15) is 0 Å². The molecule has 5 rings (SSSR count). The van der Waals surface area contributed by atoms with Gasteiger partial charge in [0.05, 0.1) is 6.04 Å². The highest BCUT2D eigenvalue weighted by atomic mass is 35.5. The maximum absolute atomic E-state index is 13.9. The second kappa shape index (κ2) is 9.15. The van der Waals surface area contributed by atoms with Gasteiger partial charge in [-0.1, -0.05) is 60.1 Å². The molecule has 1 amide bonds. The number of carbonyl (C=O) groups excluding carboxylic acids is 1. The zero-order valence-electron chi connectivity index (χ0n) is 18.9. The van der Waals surface area contributed by atoms with Gasteiger partial charge in [0.1, 0.15) is 5.75 Å². The predicted octanol–water partition coefficient (Wildman–Crippen LogP) is 5.39. The topological polar surface area (TPSA) is 66.8 Å². The highest BCUT2D eigenvalue weighted by Gasteiger charge is 2.48. The van der Waals surface area contributed by atoms with E-state index in [0.29, 0.717) is 22.9 Å². The lowest BCUT2D eigenvalue weighted by Crippen LogP contribution is -2.41. The Bertz CT molecular complexity index is 1260. The third-order valence-corrected chi connectivity index (χ3v) is 7.11. The van der Waals surface area contributed by atoms with Crippen LogP contribution in [0, 0.1) is 12.8 Å². The number of benzene rings is 3. The Balaban J connectivity index is 1.52. The van der Waals surface area contributed by atoms with Gasteiger partial charge in [0, 0.05) is 23.0 Å². The average Bonchev–Trinajstić information content (AvgIpc) is 3.63. The molecule has 2 unspecified atom stereocenters. The normalized spacial score (nSPS) is 21.0. The molecule has 3 aromatic rings. The van der Waals surface area contributed by atoms with Crippen molar-refractivity contribution in [3.8, 4) is 5.75 Å². The minimum atomic E-state index is -1.06. The third kappa shape index (κ3) is 4.28. The number of hydrogen-bond donors (Lipinski definition) is 1. The lowest BCUT2D eigenvalue weighted by atomic mass is 9.87. The molecule has 0 radical (unpaired) electrons. The molecule has 174 valence electrons. The van der Waals surface area contributed by atoms with Crippen LogP contribution in [-0.2, 0) is 16.0 Å². The fourth-order valence-electron chi connectivity index (χ4n) is 5.17. The van der Waals surface area contributed by atoms with Crippen molar-refractivity contribution in [2.24, 2.45) is 5.92 Å². The van der Waals surface area contributed by atoms with Crippen LogP contribution < -0.4 is 4.74 Å². The monoisotopic (exact) mass is 475 g/mol. The minimum Gasteiger partial charge on any atom is -0.482 e. The van der Waals surface area contributed by atoms with Gasteiger partial charge in [-0.05, 0) is 66.1 Å². The maximum atomic E-state index is 13.9. The molecule has 1 N–H and O–H groups in total. The van der Waals surface area contributed by atoms with Crippen LogP contribution in [0.4, 0.5) is 0 Å². The molecular weight excluding hydrogens is 450 g/mol. The molecule has 3 aromatic carbocycles. The Kier molecular flexibility index (Phi) is 6.05. The summed E-state index contributed by atoms with van der Waals surface area (Å²) in [5, 5.41) is 9.67. The predicted molar refractivity (Wildman–Crippen MR) is 130 cm³/mol. The summed E-state index contributed by atoms with van der Waals surface area (Å²) in [5.41, 5.74) is 5.36. The first-order valence-electron chi connectivity index (χ1n) is 11.5. The van der Waals surface area contributed by atoms with Gasteiger partial charge in [0.15, 0.2) is 6.61 Å². The average molecular weight is 476 g/mol. The van der Waals surface area contributed by atoms with Crippen LogP contribution in [0.2, 0.25) is 5.02 Å². The molecule has 0 bridgehead atoms. The van der Waals surface area contributed by atoms with Crippen LogP contribution in [0.3, 0.4) is 0 Å². The van der Waals surface area contributed by atoms with E-state index in [1.807, 2.05) is 35.2 Å². The number of aliphatic carboxylic acids is 1. The molecule has 1 saturated carbocycles. The zero-order valence-corrected chi connectivity index (χ0v) is 19.7. The van der Waals surface area contributed by atoms with Crippen LogP contribution >= 0.6 is 11.6 Å². The van der Waals surface area contributed by atoms with Crippen molar-refractivity contribution in [3.05, 3.63) is 99.6 Å². The van der Waals surface area contributed by atoms with Crippen LogP contribution in [0.1, 0.15) is 46.2 Å². The van der Waals surface area contributed by atoms with E-state index in [-0.39, 0.29) is 17.7 Å². The van der Waals surface area contributed by atoms with E-state index in [9.17, 15) is 9.59 Å². The van der Waals surface area contributed by atoms with Crippen molar-refractivity contribution in [2.45, 2.75) is 31.7 Å². The van der Waals surface area contributed by atoms with Crippen molar-refractivity contribution >= 4 is 23.5 Å². The van der Waals surface area contributed by atoms with E-state index < -0.39 is 18.6 Å². The van der Waals surface area contributed by atoms with Crippen LogP contribution in [0.25, 0.3) is 0 Å². The Morgan fingerprint density at radius 1 is 1.03 bits per heavy atom. The lowest BCUT2D eigenvalue weighted by molar-refractivity contribution is -0.139. The second-order valence-corrected chi connectivity index (χ2v) is 9.49. The zero-order chi connectivity index (χ0) is 23.8. The van der Waals surface area contributed by atoms with Gasteiger partial charge in [-0.25, -0.2) is 4.79 Å². The van der Waals surface area contributed by atoms with E-state index in [1.165, 1.54) is 16.7 Å². The van der Waals surface area contributed by atoms with Crippen LogP contribution in [-0.4, -0.2) is 35.0 Å². The van der Waals surface area contributed by atoms with Crippen molar-refractivity contribution in [1.82, 2.24) is 4.90 Å². The second-order valence-electron chi connectivity index (χ2n) is 9.05. The Morgan fingerprint density at radius 3 is 2.53 bits per heavy atom. The van der Waals surface area contributed by atoms with Crippen molar-refractivity contribution in [3.63, 3.8) is 0 Å². The van der Waals surface area contributed by atoms with Gasteiger partial charge in [-0.3, -0.25) is 4.79 Å². The van der Waals surface area contributed by atoms with E-state index in [2.05, 4.69) is 25.1 Å². The van der Waals surface area contributed by atoms with Crippen LogP contribution in [0.5, 0.6) is 5.75 Å². The summed E-state index contributed by atoms with van der Waals surface area (Å²) in [6.45, 7) is 2.21. The van der Waals surface area contributed by atoms with Crippen LogP contribution in [0.15, 0.2) is 66.7 Å². The fourth-order valence-corrected chi connectivity index (χ4v) is 5.35. The molecule has 0 saturated heterocycles. The van der Waals surface area contributed by atoms with Crippen molar-refractivity contribution in [1.29, 1.82) is 0 Å². The Hall–Kier alpha value is -3.31. The number of amides is 1. The highest BCUT2D eigenvalue weighted by molar-refractivity contribution is 6.30. The van der Waals surface area contributed by atoms with E-state index >= 15 is 0 Å². The first kappa shape index (κ1) is 22.5. The maximum Gasteiger partial charge on any atom is 0.341 e. The summed E-state index contributed by atoms with van der Waals surface area (Å²) in [5.74, 6) is -0.337. The van der Waals surface area contributed by atoms with E-state index in [4.69, 9.17) is 21.4 Å². The van der Waals surface area contributed by atoms with Gasteiger partial charge in [0.2, 0.25) is 5.91 Å². The summed E-state index contributed by atoms with van der Waals surface area (Å²) < 4.78 is 5.64. The summed E-state index contributed by atoms with van der Waals surface area (Å²) in [4.78, 5) is 27.0. The number of aryl methyl sites for hydroxylation is 1. The first-order chi connectivity index (χ1) is 16.4. The largest absolute Gasteiger partial charge is 0.482 e. The molecule has 2 aliphatic rings. The SMILES string of the molecule is Cc1ccccc1C1C[C@@H]1C(=O)N1CCc2ccccc2C1c1cc(Cl)ccc1OCC(=O)O. The molecule has 0 spiro atoms. The fraction of sp³-hybridized carbons (Fsp3) is 0.286. The quantitative estimate of drug-likeness (QED) is 0.519. The number of ether oxygens (including phenoxy) is 1. The van der Waals surface area contributed by atoms with Gasteiger partial charge in [-0.15, -0.1) is 0 Å². The molecule has 34 heavy (non-hydrogen) atoms. The smallest absolute Gasteiger partial charge is 0.341 e. The molecule has 0 aromatic heterocycles. The van der Waals surface area contributed by atoms with Gasteiger partial charge in [0.25, 0.3) is 0 Å². The molecule has 5 nitrogen and oxygen atoms in total. The molecular formula is C28H26ClNO4. The standard InChI is InChI=1S/C28H26ClNO4/c1-17-6-2-4-8-20(17)22-15-23(22)28(33)30-13-12-18-7-3-5-9-21(18)27(30)24-14-19(29)10-11-25(24)34-16-26(31)32/h2-11,14,22-23,27H,12-13,15-16H2,1H3,(H,31,32)/t22?,23-,27?/m0/s1. The number of rotatable bonds is 6. The molecule has 1 aliphatic heterocycles. The first-order valence-corrected chi connectivity index (χ1v) is 11.9. The summed E-state index contributed by atoms with van der Waals surface area (Å²) in [6, 6.07) is 21.1. The number of halogens is 1. The van der Waals surface area contributed by atoms with Gasteiger partial charge < -0.3 is 14.7 Å². The minimum absolute atomic E-state index is 0.0589. The summed E-state index contributed by atoms with van der Waals surface area (Å²) in [6.07, 6.45) is 1.61. The number of carboxylic acids is 1. The molecule has 1 aliphatic carbocycles. The summed E-state index contributed by atoms with van der Waals surface area (Å²) >= 11 is 6.37. The van der Waals surface area contributed by atoms with Gasteiger partial charge >= 0.3 is 5.97 Å². The molecule has 1 fully saturated rings. The van der Waals surface area contributed by atoms with E-state index in [0.717, 1.165) is 18.4 Å². The lowest BCUT2D eigenvalue weighted by Gasteiger charge is -2.38. The summed E-state index contributed by atoms with van der Waals surface area (Å²) in [7, 11) is 0.